The molecule has 0 saturated heterocycles. The van der Waals surface area contributed by atoms with E-state index in [2.05, 4.69) is 0 Å². The Morgan fingerprint density at radius 1 is 1.25 bits per heavy atom. The molecule has 0 heterocycles. The molecule has 0 aliphatic heterocycles. The van der Waals surface area contributed by atoms with Gasteiger partial charge in [-0.1, -0.05) is 6.07 Å². The molecule has 0 fully saturated rings. The molecule has 0 saturated carbocycles. The average molecular weight is 190 g/mol. The number of halogens is 1. The minimum Gasteiger partial charge on any atom is -0.504 e. The fraction of sp³-hybridized carbons (Fsp3) is 0.250. The molecule has 0 aromatic heterocycles. The Balaban J connectivity index is 0.00000121. The quantitative estimate of drug-likeness (QED) is 0.587. The van der Waals surface area contributed by atoms with Crippen LogP contribution in [-0.2, 0) is 0 Å². The lowest BCUT2D eigenvalue weighted by Gasteiger charge is -2.05. The highest BCUT2D eigenvalue weighted by Crippen LogP contribution is 2.26. The summed E-state index contributed by atoms with van der Waals surface area (Å²) in [7, 11) is 0. The van der Waals surface area contributed by atoms with Gasteiger partial charge < -0.3 is 15.9 Å². The van der Waals surface area contributed by atoms with E-state index in [9.17, 15) is 0 Å². The van der Waals surface area contributed by atoms with Crippen LogP contribution in [0.1, 0.15) is 18.5 Å². The molecule has 0 aliphatic rings. The predicted octanol–water partition coefficient (Wildman–Crippen LogP) is 1.54. The summed E-state index contributed by atoms with van der Waals surface area (Å²) in [5, 5.41) is 18.0. The fourth-order valence-electron chi connectivity index (χ4n) is 0.824. The van der Waals surface area contributed by atoms with E-state index in [1.54, 1.807) is 6.07 Å². The molecule has 3 nitrogen and oxygen atoms in total. The van der Waals surface area contributed by atoms with Gasteiger partial charge in [0.2, 0.25) is 0 Å². The normalized spacial score (nSPS) is 11.8. The maximum Gasteiger partial charge on any atom is 0.157 e. The summed E-state index contributed by atoms with van der Waals surface area (Å²) in [5.74, 6) is -0.241. The zero-order valence-electron chi connectivity index (χ0n) is 6.69. The van der Waals surface area contributed by atoms with Crippen LogP contribution in [0.25, 0.3) is 0 Å². The summed E-state index contributed by atoms with van der Waals surface area (Å²) in [6.45, 7) is 1.81. The van der Waals surface area contributed by atoms with Gasteiger partial charge in [-0.15, -0.1) is 12.4 Å². The third-order valence-electron chi connectivity index (χ3n) is 1.53. The third kappa shape index (κ3) is 2.29. The van der Waals surface area contributed by atoms with E-state index in [1.165, 1.54) is 12.1 Å². The molecule has 4 heteroatoms. The highest BCUT2D eigenvalue weighted by Gasteiger charge is 2.02. The number of nitrogens with two attached hydrogens (primary N) is 1. The van der Waals surface area contributed by atoms with Crippen LogP contribution < -0.4 is 5.73 Å². The van der Waals surface area contributed by atoms with Crippen LogP contribution >= 0.6 is 12.4 Å². The van der Waals surface area contributed by atoms with E-state index in [1.807, 2.05) is 6.92 Å². The second kappa shape index (κ2) is 4.18. The molecule has 0 aliphatic carbocycles. The number of phenolic OH excluding ortho intramolecular Hbond substituents is 2. The van der Waals surface area contributed by atoms with E-state index in [-0.39, 0.29) is 29.9 Å². The monoisotopic (exact) mass is 189 g/mol. The highest BCUT2D eigenvalue weighted by atomic mass is 35.5. The number of hydrogen-bond donors (Lipinski definition) is 3. The molecule has 1 aromatic carbocycles. The van der Waals surface area contributed by atoms with Gasteiger partial charge in [0.15, 0.2) is 11.5 Å². The molecule has 4 N–H and O–H groups in total. The lowest BCUT2D eigenvalue weighted by atomic mass is 10.1. The molecule has 1 unspecified atom stereocenters. The molecule has 1 atom stereocenters. The Hall–Kier alpha value is -0.930. The van der Waals surface area contributed by atoms with Crippen LogP contribution in [0.2, 0.25) is 0 Å². The zero-order valence-corrected chi connectivity index (χ0v) is 7.51. The first-order valence-electron chi connectivity index (χ1n) is 3.38. The average Bonchev–Trinajstić information content (AvgIpc) is 1.94. The van der Waals surface area contributed by atoms with Crippen molar-refractivity contribution < 1.29 is 10.2 Å². The number of phenols is 2. The van der Waals surface area contributed by atoms with Crippen molar-refractivity contribution in [2.24, 2.45) is 5.73 Å². The van der Waals surface area contributed by atoms with Crippen molar-refractivity contribution in [2.45, 2.75) is 13.0 Å². The Kier molecular flexibility index (Phi) is 3.86. The van der Waals surface area contributed by atoms with E-state index < -0.39 is 0 Å². The summed E-state index contributed by atoms with van der Waals surface area (Å²) < 4.78 is 0. The van der Waals surface area contributed by atoms with E-state index >= 15 is 0 Å². The lowest BCUT2D eigenvalue weighted by molar-refractivity contribution is 0.403. The van der Waals surface area contributed by atoms with Crippen molar-refractivity contribution in [2.75, 3.05) is 0 Å². The van der Waals surface area contributed by atoms with Crippen molar-refractivity contribution in [3.8, 4) is 11.5 Å². The predicted molar refractivity (Wildman–Crippen MR) is 49.6 cm³/mol. The zero-order chi connectivity index (χ0) is 8.43. The second-order valence-corrected chi connectivity index (χ2v) is 2.54. The number of benzene rings is 1. The molecule has 1 rings (SSSR count). The number of rotatable bonds is 1. The van der Waals surface area contributed by atoms with Crippen LogP contribution in [0.3, 0.4) is 0 Å². The largest absolute Gasteiger partial charge is 0.504 e. The van der Waals surface area contributed by atoms with Crippen molar-refractivity contribution in [1.29, 1.82) is 0 Å². The summed E-state index contributed by atoms with van der Waals surface area (Å²) in [5.41, 5.74) is 6.35. The van der Waals surface area contributed by atoms with Crippen LogP contribution in [0.4, 0.5) is 0 Å². The molecular formula is C8H12ClNO2. The molecule has 0 bridgehead atoms. The first-order chi connectivity index (χ1) is 5.11. The van der Waals surface area contributed by atoms with Gasteiger partial charge in [-0.2, -0.15) is 0 Å². The molecule has 0 spiro atoms. The van der Waals surface area contributed by atoms with Crippen molar-refractivity contribution in [1.82, 2.24) is 0 Å². The summed E-state index contributed by atoms with van der Waals surface area (Å²) >= 11 is 0. The maximum absolute atomic E-state index is 9.04. The second-order valence-electron chi connectivity index (χ2n) is 2.54. The van der Waals surface area contributed by atoms with Crippen molar-refractivity contribution in [3.05, 3.63) is 23.8 Å². The summed E-state index contributed by atoms with van der Waals surface area (Å²) in [4.78, 5) is 0. The van der Waals surface area contributed by atoms with Gasteiger partial charge in [-0.05, 0) is 24.6 Å². The number of aromatic hydroxyl groups is 2. The van der Waals surface area contributed by atoms with Gasteiger partial charge in [0.25, 0.3) is 0 Å². The Bertz CT molecular complexity index is 263. The van der Waals surface area contributed by atoms with Gasteiger partial charge in [0.1, 0.15) is 0 Å². The van der Waals surface area contributed by atoms with Gasteiger partial charge >= 0.3 is 0 Å². The van der Waals surface area contributed by atoms with Crippen molar-refractivity contribution in [3.63, 3.8) is 0 Å². The molecule has 1 aromatic rings. The van der Waals surface area contributed by atoms with Crippen LogP contribution in [0, 0.1) is 0 Å². The Morgan fingerprint density at radius 2 is 1.83 bits per heavy atom. The summed E-state index contributed by atoms with van der Waals surface area (Å²) in [6.07, 6.45) is 0. The summed E-state index contributed by atoms with van der Waals surface area (Å²) in [6, 6.07) is 4.44. The first-order valence-corrected chi connectivity index (χ1v) is 3.38. The highest BCUT2D eigenvalue weighted by molar-refractivity contribution is 5.85. The van der Waals surface area contributed by atoms with Gasteiger partial charge in [0.05, 0.1) is 0 Å². The molecule has 0 amide bonds. The van der Waals surface area contributed by atoms with Gasteiger partial charge in [-0.3, -0.25) is 0 Å². The standard InChI is InChI=1S/C8H11NO2.ClH/c1-5(9)6-2-3-7(10)8(11)4-6;/h2-5,10-11H,9H2,1H3;1H. The molecular weight excluding hydrogens is 178 g/mol. The van der Waals surface area contributed by atoms with Gasteiger partial charge in [0, 0.05) is 6.04 Å². The minimum atomic E-state index is -0.125. The van der Waals surface area contributed by atoms with Crippen LogP contribution in [0.15, 0.2) is 18.2 Å². The Morgan fingerprint density at radius 3 is 2.25 bits per heavy atom. The molecule has 12 heavy (non-hydrogen) atoms. The van der Waals surface area contributed by atoms with Gasteiger partial charge in [-0.25, -0.2) is 0 Å². The topological polar surface area (TPSA) is 66.5 Å². The van der Waals surface area contributed by atoms with Crippen molar-refractivity contribution >= 4 is 12.4 Å². The first kappa shape index (κ1) is 11.1. The smallest absolute Gasteiger partial charge is 0.157 e. The molecule has 0 radical (unpaired) electrons. The lowest BCUT2D eigenvalue weighted by Crippen LogP contribution is -2.04. The van der Waals surface area contributed by atoms with E-state index in [0.29, 0.717) is 0 Å². The van der Waals surface area contributed by atoms with E-state index in [4.69, 9.17) is 15.9 Å². The van der Waals surface area contributed by atoms with E-state index in [0.717, 1.165) is 5.56 Å². The SMILES string of the molecule is CC(N)c1ccc(O)c(O)c1.Cl. The molecule has 68 valence electrons. The minimum absolute atomic E-state index is 0. The van der Waals surface area contributed by atoms with Crippen LogP contribution in [-0.4, -0.2) is 10.2 Å². The van der Waals surface area contributed by atoms with Crippen LogP contribution in [0.5, 0.6) is 11.5 Å². The third-order valence-corrected chi connectivity index (χ3v) is 1.53. The maximum atomic E-state index is 9.04. The number of hydrogen-bond acceptors (Lipinski definition) is 3. The fourth-order valence-corrected chi connectivity index (χ4v) is 0.824. The Labute approximate surface area is 77.2 Å².